The number of nitrogens with one attached hydrogen (secondary N) is 1. The lowest BCUT2D eigenvalue weighted by atomic mass is 10.2. The van der Waals surface area contributed by atoms with E-state index in [4.69, 9.17) is 0 Å². The standard InChI is InChI=1S/C11H15NO5S/c1-8(11(14)17-2)18(15,16)12-7-9-4-3-5-10(13)6-9/h3-6,8,12-13H,7H2,1-2H3. The molecule has 0 saturated carbocycles. The number of rotatable bonds is 5. The summed E-state index contributed by atoms with van der Waals surface area (Å²) in [5, 5.41) is 7.95. The maximum absolute atomic E-state index is 11.7. The van der Waals surface area contributed by atoms with Crippen molar-refractivity contribution in [3.05, 3.63) is 29.8 Å². The number of hydrogen-bond donors (Lipinski definition) is 2. The Morgan fingerprint density at radius 2 is 2.17 bits per heavy atom. The summed E-state index contributed by atoms with van der Waals surface area (Å²) in [6, 6.07) is 6.17. The van der Waals surface area contributed by atoms with Gasteiger partial charge in [-0.15, -0.1) is 0 Å². The van der Waals surface area contributed by atoms with Gasteiger partial charge in [-0.05, 0) is 24.6 Å². The highest BCUT2D eigenvalue weighted by Gasteiger charge is 2.28. The first-order valence-corrected chi connectivity index (χ1v) is 6.75. The van der Waals surface area contributed by atoms with Crippen LogP contribution in [0.1, 0.15) is 12.5 Å². The third-order valence-corrected chi connectivity index (χ3v) is 4.06. The van der Waals surface area contributed by atoms with Crippen molar-refractivity contribution in [1.29, 1.82) is 0 Å². The summed E-state index contributed by atoms with van der Waals surface area (Å²) in [4.78, 5) is 11.1. The minimum Gasteiger partial charge on any atom is -0.508 e. The fourth-order valence-corrected chi connectivity index (χ4v) is 2.24. The van der Waals surface area contributed by atoms with Gasteiger partial charge in [-0.1, -0.05) is 12.1 Å². The van der Waals surface area contributed by atoms with E-state index in [1.807, 2.05) is 0 Å². The zero-order valence-electron chi connectivity index (χ0n) is 10.1. The van der Waals surface area contributed by atoms with Gasteiger partial charge >= 0.3 is 5.97 Å². The van der Waals surface area contributed by atoms with Crippen LogP contribution in [0.3, 0.4) is 0 Å². The Labute approximate surface area is 106 Å². The van der Waals surface area contributed by atoms with Crippen LogP contribution in [0.2, 0.25) is 0 Å². The molecule has 0 aliphatic rings. The van der Waals surface area contributed by atoms with Crippen LogP contribution in [0.5, 0.6) is 5.75 Å². The Balaban J connectivity index is 2.70. The Hall–Kier alpha value is -1.60. The van der Waals surface area contributed by atoms with E-state index in [-0.39, 0.29) is 12.3 Å². The van der Waals surface area contributed by atoms with E-state index in [0.717, 1.165) is 7.11 Å². The van der Waals surface area contributed by atoms with Crippen LogP contribution in [0, 0.1) is 0 Å². The van der Waals surface area contributed by atoms with Gasteiger partial charge in [0.05, 0.1) is 7.11 Å². The molecule has 1 rings (SSSR count). The minimum absolute atomic E-state index is 0.00192. The molecule has 0 aliphatic carbocycles. The number of phenols is 1. The smallest absolute Gasteiger partial charge is 0.325 e. The molecule has 18 heavy (non-hydrogen) atoms. The van der Waals surface area contributed by atoms with Crippen molar-refractivity contribution in [2.24, 2.45) is 0 Å². The molecular formula is C11H15NO5S. The molecule has 2 N–H and O–H groups in total. The number of carbonyl (C=O) groups excluding carboxylic acids is 1. The van der Waals surface area contributed by atoms with E-state index < -0.39 is 21.2 Å². The fraction of sp³-hybridized carbons (Fsp3) is 0.364. The summed E-state index contributed by atoms with van der Waals surface area (Å²) >= 11 is 0. The van der Waals surface area contributed by atoms with Crippen LogP contribution < -0.4 is 4.72 Å². The third-order valence-electron chi connectivity index (χ3n) is 2.39. The van der Waals surface area contributed by atoms with E-state index in [2.05, 4.69) is 9.46 Å². The second kappa shape index (κ2) is 5.83. The van der Waals surface area contributed by atoms with Crippen molar-refractivity contribution in [3.8, 4) is 5.75 Å². The molecule has 0 amide bonds. The predicted octanol–water partition coefficient (Wildman–Crippen LogP) is 0.373. The summed E-state index contributed by atoms with van der Waals surface area (Å²) in [6.07, 6.45) is 0. The van der Waals surface area contributed by atoms with Gasteiger partial charge in [-0.3, -0.25) is 4.79 Å². The Morgan fingerprint density at radius 3 is 2.72 bits per heavy atom. The number of methoxy groups -OCH3 is 1. The van der Waals surface area contributed by atoms with Crippen molar-refractivity contribution in [3.63, 3.8) is 0 Å². The number of aromatic hydroxyl groups is 1. The number of benzene rings is 1. The van der Waals surface area contributed by atoms with Gasteiger partial charge in [0.2, 0.25) is 10.0 Å². The maximum atomic E-state index is 11.7. The second-order valence-corrected chi connectivity index (χ2v) is 5.79. The average Bonchev–Trinajstić information content (AvgIpc) is 2.34. The van der Waals surface area contributed by atoms with E-state index in [1.165, 1.54) is 19.1 Å². The zero-order chi connectivity index (χ0) is 13.8. The second-order valence-electron chi connectivity index (χ2n) is 3.70. The first-order chi connectivity index (χ1) is 8.36. The molecular weight excluding hydrogens is 258 g/mol. The molecule has 1 unspecified atom stereocenters. The Bertz CT molecular complexity index is 526. The van der Waals surface area contributed by atoms with Gasteiger partial charge in [0.1, 0.15) is 5.75 Å². The lowest BCUT2D eigenvalue weighted by Gasteiger charge is -2.12. The summed E-state index contributed by atoms with van der Waals surface area (Å²) in [6.45, 7) is 1.24. The van der Waals surface area contributed by atoms with E-state index in [1.54, 1.807) is 12.1 Å². The van der Waals surface area contributed by atoms with Crippen LogP contribution in [0.15, 0.2) is 24.3 Å². The number of carbonyl (C=O) groups is 1. The van der Waals surface area contributed by atoms with E-state index in [0.29, 0.717) is 5.56 Å². The molecule has 0 radical (unpaired) electrons. The number of phenolic OH excluding ortho intramolecular Hbond substituents is 1. The summed E-state index contributed by atoms with van der Waals surface area (Å²) in [7, 11) is -2.66. The topological polar surface area (TPSA) is 92.7 Å². The third kappa shape index (κ3) is 3.71. The van der Waals surface area contributed by atoms with Crippen LogP contribution in [-0.4, -0.2) is 31.9 Å². The van der Waals surface area contributed by atoms with Crippen molar-refractivity contribution in [1.82, 2.24) is 4.72 Å². The lowest BCUT2D eigenvalue weighted by molar-refractivity contribution is -0.139. The monoisotopic (exact) mass is 273 g/mol. The van der Waals surface area contributed by atoms with Crippen LogP contribution in [0.25, 0.3) is 0 Å². The maximum Gasteiger partial charge on any atom is 0.325 e. The fourth-order valence-electron chi connectivity index (χ4n) is 1.27. The first-order valence-electron chi connectivity index (χ1n) is 5.21. The van der Waals surface area contributed by atoms with Crippen molar-refractivity contribution < 1.29 is 23.1 Å². The number of sulfonamides is 1. The predicted molar refractivity (Wildman–Crippen MR) is 65.3 cm³/mol. The van der Waals surface area contributed by atoms with E-state index >= 15 is 0 Å². The van der Waals surface area contributed by atoms with Gasteiger partial charge in [-0.2, -0.15) is 0 Å². The molecule has 0 heterocycles. The molecule has 7 heteroatoms. The summed E-state index contributed by atoms with van der Waals surface area (Å²) in [5.74, 6) is -0.772. The van der Waals surface area contributed by atoms with Crippen molar-refractivity contribution >= 4 is 16.0 Å². The number of esters is 1. The number of ether oxygens (including phenoxy) is 1. The van der Waals surface area contributed by atoms with Gasteiger partial charge in [-0.25, -0.2) is 13.1 Å². The Morgan fingerprint density at radius 1 is 1.50 bits per heavy atom. The van der Waals surface area contributed by atoms with Gasteiger partial charge in [0.15, 0.2) is 5.25 Å². The molecule has 0 aliphatic heterocycles. The van der Waals surface area contributed by atoms with E-state index in [9.17, 15) is 18.3 Å². The molecule has 100 valence electrons. The lowest BCUT2D eigenvalue weighted by Crippen LogP contribution is -2.37. The van der Waals surface area contributed by atoms with Crippen LogP contribution >= 0.6 is 0 Å². The largest absolute Gasteiger partial charge is 0.508 e. The highest BCUT2D eigenvalue weighted by Crippen LogP contribution is 2.11. The van der Waals surface area contributed by atoms with Crippen molar-refractivity contribution in [2.45, 2.75) is 18.7 Å². The Kier molecular flexibility index (Phi) is 4.69. The molecule has 0 bridgehead atoms. The molecule has 0 fully saturated rings. The van der Waals surface area contributed by atoms with Gasteiger partial charge < -0.3 is 9.84 Å². The molecule has 6 nitrogen and oxygen atoms in total. The van der Waals surface area contributed by atoms with Gasteiger partial charge in [0, 0.05) is 6.54 Å². The van der Waals surface area contributed by atoms with Crippen LogP contribution in [-0.2, 0) is 26.1 Å². The number of hydrogen-bond acceptors (Lipinski definition) is 5. The minimum atomic E-state index is -3.79. The van der Waals surface area contributed by atoms with Crippen molar-refractivity contribution in [2.75, 3.05) is 7.11 Å². The van der Waals surface area contributed by atoms with Crippen LogP contribution in [0.4, 0.5) is 0 Å². The SMILES string of the molecule is COC(=O)C(C)S(=O)(=O)NCc1cccc(O)c1. The molecule has 0 aromatic heterocycles. The summed E-state index contributed by atoms with van der Waals surface area (Å²) < 4.78 is 30.1. The molecule has 1 aromatic rings. The summed E-state index contributed by atoms with van der Waals surface area (Å²) in [5.41, 5.74) is 0.593. The van der Waals surface area contributed by atoms with Gasteiger partial charge in [0.25, 0.3) is 0 Å². The normalized spacial score (nSPS) is 13.0. The quantitative estimate of drug-likeness (QED) is 0.756. The zero-order valence-corrected chi connectivity index (χ0v) is 10.9. The highest BCUT2D eigenvalue weighted by atomic mass is 32.2. The molecule has 0 saturated heterocycles. The molecule has 1 atom stereocenters. The first kappa shape index (κ1) is 14.5. The average molecular weight is 273 g/mol. The molecule has 0 spiro atoms. The highest BCUT2D eigenvalue weighted by molar-refractivity contribution is 7.90. The molecule has 1 aromatic carbocycles.